The Kier molecular flexibility index (Phi) is 3.78. The van der Waals surface area contributed by atoms with Crippen LogP contribution in [0.15, 0.2) is 67.4 Å². The van der Waals surface area contributed by atoms with Crippen molar-refractivity contribution in [2.75, 3.05) is 5.32 Å². The fourth-order valence-electron chi connectivity index (χ4n) is 2.71. The molecule has 124 valence electrons. The van der Waals surface area contributed by atoms with Crippen LogP contribution < -0.4 is 5.32 Å². The molecule has 6 heteroatoms. The smallest absolute Gasteiger partial charge is 0.227 e. The Bertz CT molecular complexity index is 983. The Balaban J connectivity index is 1.64. The molecular weight excluding hydrogens is 312 g/mol. The minimum atomic E-state index is 0.558. The molecular formula is C19H18N6. The van der Waals surface area contributed by atoms with Crippen molar-refractivity contribution in [2.45, 2.75) is 6.92 Å². The van der Waals surface area contributed by atoms with Gasteiger partial charge in [0.15, 0.2) is 0 Å². The van der Waals surface area contributed by atoms with E-state index in [-0.39, 0.29) is 0 Å². The summed E-state index contributed by atoms with van der Waals surface area (Å²) in [7, 11) is 1.87. The second-order valence-electron chi connectivity index (χ2n) is 5.89. The lowest BCUT2D eigenvalue weighted by Crippen LogP contribution is -1.99. The van der Waals surface area contributed by atoms with Crippen LogP contribution in [0.5, 0.6) is 0 Å². The molecule has 0 unspecified atom stereocenters. The molecule has 4 rings (SSSR count). The molecule has 0 saturated heterocycles. The highest BCUT2D eigenvalue weighted by Crippen LogP contribution is 2.24. The summed E-state index contributed by atoms with van der Waals surface area (Å²) >= 11 is 0. The summed E-state index contributed by atoms with van der Waals surface area (Å²) in [4.78, 5) is 9.04. The number of rotatable bonds is 4. The van der Waals surface area contributed by atoms with Gasteiger partial charge in [0.2, 0.25) is 5.95 Å². The maximum atomic E-state index is 4.67. The molecule has 25 heavy (non-hydrogen) atoms. The molecule has 0 saturated carbocycles. The van der Waals surface area contributed by atoms with Gasteiger partial charge in [-0.15, -0.1) is 0 Å². The summed E-state index contributed by atoms with van der Waals surface area (Å²) in [5.41, 5.74) is 4.99. The van der Waals surface area contributed by atoms with E-state index < -0.39 is 0 Å². The average Bonchev–Trinajstić information content (AvgIpc) is 3.29. The third-order valence-corrected chi connectivity index (χ3v) is 3.98. The van der Waals surface area contributed by atoms with Crippen LogP contribution in [0.3, 0.4) is 0 Å². The van der Waals surface area contributed by atoms with Gasteiger partial charge >= 0.3 is 0 Å². The number of nitrogens with one attached hydrogen (secondary N) is 1. The Morgan fingerprint density at radius 3 is 2.44 bits per heavy atom. The van der Waals surface area contributed by atoms with E-state index in [0.717, 1.165) is 28.2 Å². The molecule has 0 aliphatic rings. The Labute approximate surface area is 145 Å². The van der Waals surface area contributed by atoms with E-state index in [1.807, 2.05) is 50.9 Å². The van der Waals surface area contributed by atoms with Crippen LogP contribution in [0, 0.1) is 6.92 Å². The quantitative estimate of drug-likeness (QED) is 0.619. The van der Waals surface area contributed by atoms with Gasteiger partial charge in [0, 0.05) is 43.1 Å². The van der Waals surface area contributed by atoms with Crippen molar-refractivity contribution < 1.29 is 0 Å². The molecule has 3 aromatic heterocycles. The second kappa shape index (κ2) is 6.24. The molecule has 4 aromatic rings. The zero-order valence-electron chi connectivity index (χ0n) is 14.1. The molecule has 0 aliphatic heterocycles. The van der Waals surface area contributed by atoms with Gasteiger partial charge in [-0.1, -0.05) is 12.1 Å². The normalized spacial score (nSPS) is 10.8. The molecule has 3 heterocycles. The third-order valence-electron chi connectivity index (χ3n) is 3.98. The SMILES string of the molecule is Cc1cnc(Nc2cnn(C)c2)nc1-c1ccc(-n2cccc2)cc1. The second-order valence-corrected chi connectivity index (χ2v) is 5.89. The van der Waals surface area contributed by atoms with E-state index in [0.29, 0.717) is 5.95 Å². The topological polar surface area (TPSA) is 60.6 Å². The molecule has 0 bridgehead atoms. The summed E-state index contributed by atoms with van der Waals surface area (Å²) in [6, 6.07) is 12.4. The monoisotopic (exact) mass is 330 g/mol. The van der Waals surface area contributed by atoms with E-state index in [4.69, 9.17) is 0 Å². The summed E-state index contributed by atoms with van der Waals surface area (Å²) in [6.07, 6.45) is 9.52. The number of benzene rings is 1. The van der Waals surface area contributed by atoms with Gasteiger partial charge in [-0.25, -0.2) is 9.97 Å². The minimum absolute atomic E-state index is 0.558. The standard InChI is InChI=1S/C19H18N6/c1-14-11-20-19(22-16-12-21-24(2)13-16)23-18(14)15-5-7-17(8-6-15)25-9-3-4-10-25/h3-13H,1-2H3,(H,20,22,23). The third kappa shape index (κ3) is 3.14. The summed E-state index contributed by atoms with van der Waals surface area (Å²) < 4.78 is 3.81. The fourth-order valence-corrected chi connectivity index (χ4v) is 2.71. The van der Waals surface area contributed by atoms with Crippen LogP contribution in [0.2, 0.25) is 0 Å². The van der Waals surface area contributed by atoms with Gasteiger partial charge in [0.1, 0.15) is 0 Å². The number of nitrogens with zero attached hydrogens (tertiary/aromatic N) is 5. The number of hydrogen-bond acceptors (Lipinski definition) is 4. The van der Waals surface area contributed by atoms with Crippen molar-refractivity contribution in [1.29, 1.82) is 0 Å². The summed E-state index contributed by atoms with van der Waals surface area (Å²) in [5.74, 6) is 0.558. The summed E-state index contributed by atoms with van der Waals surface area (Å²) in [5, 5.41) is 7.33. The maximum absolute atomic E-state index is 4.67. The number of aryl methyl sites for hydroxylation is 2. The van der Waals surface area contributed by atoms with Crippen LogP contribution in [-0.2, 0) is 7.05 Å². The Morgan fingerprint density at radius 1 is 1.00 bits per heavy atom. The molecule has 0 fully saturated rings. The van der Waals surface area contributed by atoms with E-state index in [1.54, 1.807) is 10.9 Å². The zero-order chi connectivity index (χ0) is 17.2. The molecule has 0 amide bonds. The van der Waals surface area contributed by atoms with Crippen molar-refractivity contribution in [3.8, 4) is 16.9 Å². The highest BCUT2D eigenvalue weighted by atomic mass is 15.3. The number of hydrogen-bond donors (Lipinski definition) is 1. The lowest BCUT2D eigenvalue weighted by molar-refractivity contribution is 0.768. The maximum Gasteiger partial charge on any atom is 0.227 e. The average molecular weight is 330 g/mol. The summed E-state index contributed by atoms with van der Waals surface area (Å²) in [6.45, 7) is 2.02. The first-order chi connectivity index (χ1) is 12.2. The Morgan fingerprint density at radius 2 is 1.76 bits per heavy atom. The van der Waals surface area contributed by atoms with Gasteiger partial charge in [-0.05, 0) is 36.8 Å². The largest absolute Gasteiger partial charge is 0.324 e. The van der Waals surface area contributed by atoms with Gasteiger partial charge in [0.05, 0.1) is 17.6 Å². The molecule has 0 aliphatic carbocycles. The van der Waals surface area contributed by atoms with Crippen molar-refractivity contribution in [1.82, 2.24) is 24.3 Å². The van der Waals surface area contributed by atoms with Gasteiger partial charge < -0.3 is 9.88 Å². The molecule has 0 radical (unpaired) electrons. The van der Waals surface area contributed by atoms with Crippen molar-refractivity contribution in [3.63, 3.8) is 0 Å². The van der Waals surface area contributed by atoms with Crippen LogP contribution >= 0.6 is 0 Å². The van der Waals surface area contributed by atoms with Crippen molar-refractivity contribution in [2.24, 2.45) is 7.05 Å². The zero-order valence-corrected chi connectivity index (χ0v) is 14.1. The van der Waals surface area contributed by atoms with Gasteiger partial charge in [0.25, 0.3) is 0 Å². The first-order valence-electron chi connectivity index (χ1n) is 8.02. The van der Waals surface area contributed by atoms with E-state index in [1.165, 1.54) is 0 Å². The molecule has 1 aromatic carbocycles. The number of anilines is 2. The number of aromatic nitrogens is 5. The van der Waals surface area contributed by atoms with Crippen LogP contribution in [-0.4, -0.2) is 24.3 Å². The van der Waals surface area contributed by atoms with E-state index >= 15 is 0 Å². The Hall–Kier alpha value is -3.41. The molecule has 0 atom stereocenters. The van der Waals surface area contributed by atoms with Crippen LogP contribution in [0.25, 0.3) is 16.9 Å². The minimum Gasteiger partial charge on any atom is -0.324 e. The van der Waals surface area contributed by atoms with E-state index in [2.05, 4.69) is 49.2 Å². The van der Waals surface area contributed by atoms with Crippen LogP contribution in [0.1, 0.15) is 5.56 Å². The highest BCUT2D eigenvalue weighted by molar-refractivity contribution is 5.66. The van der Waals surface area contributed by atoms with Crippen molar-refractivity contribution >= 4 is 11.6 Å². The lowest BCUT2D eigenvalue weighted by atomic mass is 10.1. The van der Waals surface area contributed by atoms with Crippen molar-refractivity contribution in [3.05, 3.63) is 72.9 Å². The lowest BCUT2D eigenvalue weighted by Gasteiger charge is -2.09. The highest BCUT2D eigenvalue weighted by Gasteiger charge is 2.08. The molecule has 6 nitrogen and oxygen atoms in total. The van der Waals surface area contributed by atoms with E-state index in [9.17, 15) is 0 Å². The predicted octanol–water partition coefficient (Wildman–Crippen LogP) is 3.72. The predicted molar refractivity (Wildman–Crippen MR) is 98.0 cm³/mol. The van der Waals surface area contributed by atoms with Gasteiger partial charge in [-0.3, -0.25) is 4.68 Å². The van der Waals surface area contributed by atoms with Crippen LogP contribution in [0.4, 0.5) is 11.6 Å². The van der Waals surface area contributed by atoms with Gasteiger partial charge in [-0.2, -0.15) is 5.10 Å². The first-order valence-corrected chi connectivity index (χ1v) is 8.02. The first kappa shape index (κ1) is 15.1. The fraction of sp³-hybridized carbons (Fsp3) is 0.105. The molecule has 1 N–H and O–H groups in total. The molecule has 0 spiro atoms.